The van der Waals surface area contributed by atoms with Crippen molar-refractivity contribution in [2.45, 2.75) is 0 Å². The molecule has 0 aromatic heterocycles. The van der Waals surface area contributed by atoms with Gasteiger partial charge in [-0.05, 0) is 16.8 Å². The fourth-order valence-corrected chi connectivity index (χ4v) is 2.45. The van der Waals surface area contributed by atoms with Crippen LogP contribution in [0.2, 0.25) is 0 Å². The van der Waals surface area contributed by atoms with Gasteiger partial charge in [0.05, 0.1) is 0 Å². The van der Waals surface area contributed by atoms with Crippen LogP contribution in [-0.2, 0) is 0 Å². The smallest absolute Gasteiger partial charge is 0.254 e. The maximum Gasteiger partial charge on any atom is 0.254 e. The highest BCUT2D eigenvalue weighted by Gasteiger charge is 2.19. The largest absolute Gasteiger partial charge is 1.00 e. The van der Waals surface area contributed by atoms with Crippen molar-refractivity contribution < 1.29 is 17.2 Å². The summed E-state index contributed by atoms with van der Waals surface area (Å²) in [4.78, 5) is 14.4. The minimum Gasteiger partial charge on any atom is -1.00 e. The lowest BCUT2D eigenvalue weighted by molar-refractivity contribution is -0.0000134. The van der Waals surface area contributed by atoms with Gasteiger partial charge in [-0.15, -0.1) is 0 Å². The van der Waals surface area contributed by atoms with Crippen LogP contribution < -0.4 is 17.7 Å². The number of piperazine rings is 1. The minimum atomic E-state index is 0. The highest BCUT2D eigenvalue weighted by molar-refractivity contribution is 6.07. The summed E-state index contributed by atoms with van der Waals surface area (Å²) >= 11 is 0. The average molecular weight is 276 g/mol. The number of amides is 1. The molecule has 1 N–H and O–H groups in total. The van der Waals surface area contributed by atoms with Gasteiger partial charge in [0.1, 0.15) is 0 Å². The van der Waals surface area contributed by atoms with Crippen molar-refractivity contribution in [3.05, 3.63) is 48.0 Å². The van der Waals surface area contributed by atoms with E-state index in [1.807, 2.05) is 47.4 Å². The van der Waals surface area contributed by atoms with Crippen LogP contribution in [0.15, 0.2) is 42.5 Å². The Morgan fingerprint density at radius 3 is 2.47 bits per heavy atom. The molecule has 100 valence electrons. The number of benzene rings is 2. The SMILES string of the molecule is O=C(c1cccc2ccccc12)N1CCNCC1.[Cl-]. The first-order chi connectivity index (χ1) is 8.86. The van der Waals surface area contributed by atoms with E-state index >= 15 is 0 Å². The summed E-state index contributed by atoms with van der Waals surface area (Å²) in [6, 6.07) is 14.0. The lowest BCUT2D eigenvalue weighted by Gasteiger charge is -2.27. The maximum absolute atomic E-state index is 12.5. The van der Waals surface area contributed by atoms with Gasteiger partial charge < -0.3 is 22.6 Å². The molecule has 3 nitrogen and oxygen atoms in total. The van der Waals surface area contributed by atoms with Gasteiger partial charge in [0.15, 0.2) is 0 Å². The molecular formula is C15H16ClN2O-. The van der Waals surface area contributed by atoms with Crippen LogP contribution >= 0.6 is 0 Å². The van der Waals surface area contributed by atoms with Crippen molar-refractivity contribution in [3.8, 4) is 0 Å². The van der Waals surface area contributed by atoms with E-state index in [0.29, 0.717) is 0 Å². The summed E-state index contributed by atoms with van der Waals surface area (Å²) in [6.07, 6.45) is 0. The minimum absolute atomic E-state index is 0. The van der Waals surface area contributed by atoms with E-state index in [0.717, 1.165) is 42.5 Å². The molecule has 0 saturated carbocycles. The van der Waals surface area contributed by atoms with E-state index < -0.39 is 0 Å². The van der Waals surface area contributed by atoms with Crippen LogP contribution in [0.1, 0.15) is 10.4 Å². The summed E-state index contributed by atoms with van der Waals surface area (Å²) in [7, 11) is 0. The predicted octanol–water partition coefficient (Wildman–Crippen LogP) is -1.11. The standard InChI is InChI=1S/C15H16N2O.ClH/c18-15(17-10-8-16-9-11-17)14-7-3-5-12-4-1-2-6-13(12)14;/h1-7,16H,8-11H2;1H/p-1. The van der Waals surface area contributed by atoms with Crippen molar-refractivity contribution in [3.63, 3.8) is 0 Å². The molecule has 1 aliphatic rings. The van der Waals surface area contributed by atoms with Gasteiger partial charge in [0.25, 0.3) is 5.91 Å². The molecule has 0 bridgehead atoms. The Kier molecular flexibility index (Phi) is 4.40. The number of rotatable bonds is 1. The summed E-state index contributed by atoms with van der Waals surface area (Å²) in [5, 5.41) is 5.43. The van der Waals surface area contributed by atoms with Crippen LogP contribution in [0.4, 0.5) is 0 Å². The van der Waals surface area contributed by atoms with Crippen molar-refractivity contribution in [1.29, 1.82) is 0 Å². The second kappa shape index (κ2) is 6.04. The molecule has 2 aromatic rings. The molecule has 0 aliphatic carbocycles. The second-order valence-electron chi connectivity index (χ2n) is 4.57. The first-order valence-electron chi connectivity index (χ1n) is 6.34. The Bertz CT molecular complexity index is 574. The van der Waals surface area contributed by atoms with Crippen LogP contribution in [-0.4, -0.2) is 37.0 Å². The normalized spacial score (nSPS) is 15.1. The molecule has 1 heterocycles. The van der Waals surface area contributed by atoms with E-state index in [2.05, 4.69) is 5.32 Å². The van der Waals surface area contributed by atoms with Crippen molar-refractivity contribution in [2.24, 2.45) is 0 Å². The molecule has 0 radical (unpaired) electrons. The topological polar surface area (TPSA) is 32.3 Å². The number of carbonyl (C=O) groups is 1. The van der Waals surface area contributed by atoms with Crippen LogP contribution in [0, 0.1) is 0 Å². The van der Waals surface area contributed by atoms with E-state index in [4.69, 9.17) is 0 Å². The number of halogens is 1. The number of hydrogen-bond acceptors (Lipinski definition) is 2. The van der Waals surface area contributed by atoms with Crippen molar-refractivity contribution >= 4 is 16.7 Å². The Labute approximate surface area is 119 Å². The first kappa shape index (κ1) is 13.8. The lowest BCUT2D eigenvalue weighted by atomic mass is 10.0. The van der Waals surface area contributed by atoms with Gasteiger partial charge in [0.2, 0.25) is 0 Å². The summed E-state index contributed by atoms with van der Waals surface area (Å²) < 4.78 is 0. The molecule has 2 aromatic carbocycles. The van der Waals surface area contributed by atoms with E-state index in [1.54, 1.807) is 0 Å². The molecule has 1 saturated heterocycles. The third kappa shape index (κ3) is 2.72. The highest BCUT2D eigenvalue weighted by Crippen LogP contribution is 2.20. The van der Waals surface area contributed by atoms with E-state index in [1.165, 1.54) is 0 Å². The molecule has 19 heavy (non-hydrogen) atoms. The van der Waals surface area contributed by atoms with Crippen LogP contribution in [0.3, 0.4) is 0 Å². The Balaban J connectivity index is 0.00000133. The molecule has 0 unspecified atom stereocenters. The highest BCUT2D eigenvalue weighted by atomic mass is 35.5. The summed E-state index contributed by atoms with van der Waals surface area (Å²) in [6.45, 7) is 3.36. The van der Waals surface area contributed by atoms with Crippen LogP contribution in [0.25, 0.3) is 10.8 Å². The zero-order valence-corrected chi connectivity index (χ0v) is 11.4. The molecule has 3 rings (SSSR count). The van der Waals surface area contributed by atoms with Gasteiger partial charge in [-0.2, -0.15) is 0 Å². The fraction of sp³-hybridized carbons (Fsp3) is 0.267. The molecule has 1 aliphatic heterocycles. The zero-order chi connectivity index (χ0) is 12.4. The van der Waals surface area contributed by atoms with Gasteiger partial charge in [-0.1, -0.05) is 36.4 Å². The molecule has 0 spiro atoms. The second-order valence-corrected chi connectivity index (χ2v) is 4.57. The van der Waals surface area contributed by atoms with Crippen molar-refractivity contribution in [2.75, 3.05) is 26.2 Å². The third-order valence-corrected chi connectivity index (χ3v) is 3.42. The van der Waals surface area contributed by atoms with Gasteiger partial charge in [0, 0.05) is 31.7 Å². The number of carbonyl (C=O) groups excluding carboxylic acids is 1. The van der Waals surface area contributed by atoms with E-state index in [-0.39, 0.29) is 18.3 Å². The maximum atomic E-state index is 12.5. The molecule has 1 fully saturated rings. The number of fused-ring (bicyclic) bond motifs is 1. The Morgan fingerprint density at radius 2 is 1.68 bits per heavy atom. The van der Waals surface area contributed by atoms with Crippen molar-refractivity contribution in [1.82, 2.24) is 10.2 Å². The predicted molar refractivity (Wildman–Crippen MR) is 72.7 cm³/mol. The first-order valence-corrected chi connectivity index (χ1v) is 6.34. The van der Waals surface area contributed by atoms with Crippen LogP contribution in [0.5, 0.6) is 0 Å². The number of hydrogen-bond donors (Lipinski definition) is 1. The van der Waals surface area contributed by atoms with Gasteiger partial charge in [-0.25, -0.2) is 0 Å². The quantitative estimate of drug-likeness (QED) is 0.716. The lowest BCUT2D eigenvalue weighted by Crippen LogP contribution is -3.00. The third-order valence-electron chi connectivity index (χ3n) is 3.42. The molecule has 4 heteroatoms. The molecule has 0 atom stereocenters. The zero-order valence-electron chi connectivity index (χ0n) is 10.6. The Hall–Kier alpha value is -1.58. The molecular weight excluding hydrogens is 260 g/mol. The molecule has 1 amide bonds. The number of nitrogens with one attached hydrogen (secondary N) is 1. The number of nitrogens with zero attached hydrogens (tertiary/aromatic N) is 1. The Morgan fingerprint density at radius 1 is 1.00 bits per heavy atom. The fourth-order valence-electron chi connectivity index (χ4n) is 2.45. The van der Waals surface area contributed by atoms with E-state index in [9.17, 15) is 4.79 Å². The summed E-state index contributed by atoms with van der Waals surface area (Å²) in [5.41, 5.74) is 0.815. The summed E-state index contributed by atoms with van der Waals surface area (Å²) in [5.74, 6) is 0.147. The van der Waals surface area contributed by atoms with Gasteiger partial charge >= 0.3 is 0 Å². The monoisotopic (exact) mass is 275 g/mol. The average Bonchev–Trinajstić information content (AvgIpc) is 2.47. The van der Waals surface area contributed by atoms with Gasteiger partial charge in [-0.3, -0.25) is 4.79 Å².